The lowest BCUT2D eigenvalue weighted by Gasteiger charge is -2.08. The molecule has 0 aliphatic carbocycles. The summed E-state index contributed by atoms with van der Waals surface area (Å²) >= 11 is 13.4. The number of hydrogen-bond acceptors (Lipinski definition) is 3. The number of halogens is 2. The highest BCUT2D eigenvalue weighted by Crippen LogP contribution is 2.23. The Hall–Kier alpha value is -1.36. The average Bonchev–Trinajstić information content (AvgIpc) is 2.52. The number of ether oxygens (including phenoxy) is 1. The summed E-state index contributed by atoms with van der Waals surface area (Å²) in [5, 5.41) is 4.01. The first kappa shape index (κ1) is 17.0. The van der Waals surface area contributed by atoms with Crippen molar-refractivity contribution in [1.29, 1.82) is 0 Å². The van der Waals surface area contributed by atoms with E-state index in [-0.39, 0.29) is 12.5 Å². The van der Waals surface area contributed by atoms with Gasteiger partial charge in [-0.25, -0.2) is 0 Å². The molecule has 1 amide bonds. The molecule has 2 aromatic carbocycles. The average molecular weight is 356 g/mol. The lowest BCUT2D eigenvalue weighted by Crippen LogP contribution is -2.30. The van der Waals surface area contributed by atoms with Crippen molar-refractivity contribution in [3.63, 3.8) is 0 Å². The van der Waals surface area contributed by atoms with Gasteiger partial charge in [-0.1, -0.05) is 35.3 Å². The fourth-order valence-electron chi connectivity index (χ4n) is 1.65. The molecule has 0 unspecified atom stereocenters. The normalized spacial score (nSPS) is 10.3. The highest BCUT2D eigenvalue weighted by Gasteiger charge is 2.04. The molecule has 0 radical (unpaired) electrons. The number of thioether (sulfide) groups is 1. The van der Waals surface area contributed by atoms with Gasteiger partial charge in [-0.05, 0) is 36.4 Å². The van der Waals surface area contributed by atoms with Crippen LogP contribution in [0.15, 0.2) is 53.4 Å². The van der Waals surface area contributed by atoms with Crippen LogP contribution >= 0.6 is 35.0 Å². The molecule has 3 nitrogen and oxygen atoms in total. The number of nitrogens with one attached hydrogen (secondary N) is 1. The molecule has 2 aromatic rings. The van der Waals surface area contributed by atoms with Gasteiger partial charge in [0.25, 0.3) is 5.91 Å². The summed E-state index contributed by atoms with van der Waals surface area (Å²) in [6, 6.07) is 14.7. The first-order chi connectivity index (χ1) is 10.6. The predicted molar refractivity (Wildman–Crippen MR) is 92.1 cm³/mol. The highest BCUT2D eigenvalue weighted by atomic mass is 35.5. The second-order valence-corrected chi connectivity index (χ2v) is 6.38. The topological polar surface area (TPSA) is 38.3 Å². The van der Waals surface area contributed by atoms with Crippen LogP contribution in [0.3, 0.4) is 0 Å². The molecule has 0 bridgehead atoms. The van der Waals surface area contributed by atoms with Gasteiger partial charge in [-0.15, -0.1) is 11.8 Å². The molecule has 1 N–H and O–H groups in total. The van der Waals surface area contributed by atoms with E-state index in [1.807, 2.05) is 36.4 Å². The first-order valence-electron chi connectivity index (χ1n) is 6.67. The molecule has 116 valence electrons. The Labute approximate surface area is 144 Å². The molecule has 2 rings (SSSR count). The van der Waals surface area contributed by atoms with E-state index in [4.69, 9.17) is 27.9 Å². The summed E-state index contributed by atoms with van der Waals surface area (Å²) in [6.07, 6.45) is 0. The lowest BCUT2D eigenvalue weighted by atomic mass is 10.3. The fourth-order valence-corrected chi connectivity index (χ4v) is 2.73. The zero-order valence-corrected chi connectivity index (χ0v) is 14.0. The van der Waals surface area contributed by atoms with Crippen LogP contribution in [0.1, 0.15) is 0 Å². The van der Waals surface area contributed by atoms with E-state index in [0.29, 0.717) is 17.3 Å². The molecule has 0 aliphatic rings. The Morgan fingerprint density at radius 1 is 1.09 bits per heavy atom. The van der Waals surface area contributed by atoms with E-state index in [0.717, 1.165) is 15.7 Å². The second kappa shape index (κ2) is 8.93. The Balaban J connectivity index is 1.64. The van der Waals surface area contributed by atoms with Crippen molar-refractivity contribution in [3.8, 4) is 5.75 Å². The van der Waals surface area contributed by atoms with Gasteiger partial charge in [0, 0.05) is 22.2 Å². The van der Waals surface area contributed by atoms with Crippen molar-refractivity contribution in [3.05, 3.63) is 58.6 Å². The first-order valence-corrected chi connectivity index (χ1v) is 8.42. The number of amides is 1. The van der Waals surface area contributed by atoms with Crippen molar-refractivity contribution >= 4 is 40.9 Å². The number of rotatable bonds is 7. The Morgan fingerprint density at radius 3 is 2.55 bits per heavy atom. The van der Waals surface area contributed by atoms with Crippen LogP contribution in [0.25, 0.3) is 0 Å². The highest BCUT2D eigenvalue weighted by molar-refractivity contribution is 7.99. The van der Waals surface area contributed by atoms with Gasteiger partial charge in [-0.3, -0.25) is 4.79 Å². The van der Waals surface area contributed by atoms with E-state index >= 15 is 0 Å². The molecule has 22 heavy (non-hydrogen) atoms. The van der Waals surface area contributed by atoms with Gasteiger partial charge in [0.05, 0.1) is 5.02 Å². The van der Waals surface area contributed by atoms with Crippen LogP contribution in [0.2, 0.25) is 10.0 Å². The maximum Gasteiger partial charge on any atom is 0.257 e. The quantitative estimate of drug-likeness (QED) is 0.594. The van der Waals surface area contributed by atoms with Crippen LogP contribution in [0.5, 0.6) is 5.75 Å². The van der Waals surface area contributed by atoms with Crippen molar-refractivity contribution in [2.24, 2.45) is 0 Å². The van der Waals surface area contributed by atoms with Gasteiger partial charge in [0.1, 0.15) is 5.75 Å². The van der Waals surface area contributed by atoms with E-state index in [9.17, 15) is 4.79 Å². The van der Waals surface area contributed by atoms with Gasteiger partial charge < -0.3 is 10.1 Å². The third-order valence-electron chi connectivity index (χ3n) is 2.70. The smallest absolute Gasteiger partial charge is 0.257 e. The van der Waals surface area contributed by atoms with Crippen molar-refractivity contribution < 1.29 is 9.53 Å². The Bertz CT molecular complexity index is 620. The second-order valence-electron chi connectivity index (χ2n) is 4.37. The van der Waals surface area contributed by atoms with E-state index in [1.54, 1.807) is 23.9 Å². The van der Waals surface area contributed by atoms with Gasteiger partial charge in [-0.2, -0.15) is 0 Å². The third-order valence-corrected chi connectivity index (χ3v) is 4.28. The minimum absolute atomic E-state index is 0.0463. The molecule has 0 fully saturated rings. The zero-order chi connectivity index (χ0) is 15.8. The Morgan fingerprint density at radius 2 is 1.82 bits per heavy atom. The van der Waals surface area contributed by atoms with Gasteiger partial charge in [0.2, 0.25) is 0 Å². The van der Waals surface area contributed by atoms with Crippen LogP contribution in [-0.4, -0.2) is 24.8 Å². The molecule has 0 heterocycles. The predicted octanol–water partition coefficient (Wildman–Crippen LogP) is 4.28. The van der Waals surface area contributed by atoms with E-state index in [1.165, 1.54) is 0 Å². The monoisotopic (exact) mass is 355 g/mol. The number of benzene rings is 2. The molecular weight excluding hydrogens is 341 g/mol. The number of carbonyl (C=O) groups excluding carboxylic acids is 1. The lowest BCUT2D eigenvalue weighted by molar-refractivity contribution is -0.122. The molecule has 0 saturated carbocycles. The fraction of sp³-hybridized carbons (Fsp3) is 0.188. The maximum atomic E-state index is 11.7. The summed E-state index contributed by atoms with van der Waals surface area (Å²) in [5.41, 5.74) is 0. The van der Waals surface area contributed by atoms with Gasteiger partial charge >= 0.3 is 0 Å². The van der Waals surface area contributed by atoms with E-state index in [2.05, 4.69) is 5.32 Å². The largest absolute Gasteiger partial charge is 0.482 e. The number of hydrogen-bond donors (Lipinski definition) is 1. The molecule has 0 saturated heterocycles. The number of para-hydroxylation sites is 1. The van der Waals surface area contributed by atoms with Gasteiger partial charge in [0.15, 0.2) is 6.61 Å². The third kappa shape index (κ3) is 5.79. The molecule has 0 aromatic heterocycles. The summed E-state index contributed by atoms with van der Waals surface area (Å²) in [7, 11) is 0. The SMILES string of the molecule is O=C(COc1ccccc1Cl)NCCSc1ccc(Cl)cc1. The van der Waals surface area contributed by atoms with Crippen LogP contribution in [-0.2, 0) is 4.79 Å². The van der Waals surface area contributed by atoms with Crippen LogP contribution < -0.4 is 10.1 Å². The minimum atomic E-state index is -0.170. The maximum absolute atomic E-state index is 11.7. The summed E-state index contributed by atoms with van der Waals surface area (Å²) < 4.78 is 5.36. The molecule has 6 heteroatoms. The van der Waals surface area contributed by atoms with Crippen molar-refractivity contribution in [2.45, 2.75) is 4.90 Å². The van der Waals surface area contributed by atoms with E-state index < -0.39 is 0 Å². The van der Waals surface area contributed by atoms with Crippen LogP contribution in [0, 0.1) is 0 Å². The molecule has 0 aliphatic heterocycles. The standard InChI is InChI=1S/C16H15Cl2NO2S/c17-12-5-7-13(8-6-12)22-10-9-19-16(20)11-21-15-4-2-1-3-14(15)18/h1-8H,9-11H2,(H,19,20). The summed E-state index contributed by atoms with van der Waals surface area (Å²) in [4.78, 5) is 12.8. The molecule has 0 atom stereocenters. The zero-order valence-electron chi connectivity index (χ0n) is 11.7. The molecular formula is C16H15Cl2NO2S. The van der Waals surface area contributed by atoms with Crippen molar-refractivity contribution in [1.82, 2.24) is 5.32 Å². The summed E-state index contributed by atoms with van der Waals surface area (Å²) in [5.74, 6) is 1.12. The molecule has 0 spiro atoms. The number of carbonyl (C=O) groups is 1. The Kier molecular flexibility index (Phi) is 6.90. The van der Waals surface area contributed by atoms with Crippen molar-refractivity contribution in [2.75, 3.05) is 18.9 Å². The summed E-state index contributed by atoms with van der Waals surface area (Å²) in [6.45, 7) is 0.521. The van der Waals surface area contributed by atoms with Crippen LogP contribution in [0.4, 0.5) is 0 Å². The minimum Gasteiger partial charge on any atom is -0.482 e.